The summed E-state index contributed by atoms with van der Waals surface area (Å²) in [6, 6.07) is 8.52. The van der Waals surface area contributed by atoms with Crippen LogP contribution in [-0.2, 0) is 21.2 Å². The van der Waals surface area contributed by atoms with Crippen LogP contribution in [0.2, 0.25) is 0 Å². The molecule has 6 heteroatoms. The lowest BCUT2D eigenvalue weighted by atomic mass is 10.2. The van der Waals surface area contributed by atoms with Crippen LogP contribution in [-0.4, -0.2) is 39.5 Å². The molecule has 21 heavy (non-hydrogen) atoms. The van der Waals surface area contributed by atoms with Crippen LogP contribution in [0.5, 0.6) is 0 Å². The van der Waals surface area contributed by atoms with Gasteiger partial charge in [0, 0.05) is 20.2 Å². The van der Waals surface area contributed by atoms with E-state index in [0.29, 0.717) is 19.7 Å². The highest BCUT2D eigenvalue weighted by atomic mass is 32.2. The number of nitrogens with zero attached hydrogens (tertiary/aromatic N) is 2. The van der Waals surface area contributed by atoms with Gasteiger partial charge in [-0.1, -0.05) is 26.0 Å². The summed E-state index contributed by atoms with van der Waals surface area (Å²) in [7, 11) is -1.98. The maximum Gasteiger partial charge on any atom is 0.243 e. The summed E-state index contributed by atoms with van der Waals surface area (Å²) in [5.74, 6) is 0.231. The SMILES string of the molecule is COCCN(CC(C)C)S(=O)(=O)c1ccc(CC#N)cc1. The molecule has 0 N–H and O–H groups in total. The molecule has 0 fully saturated rings. The van der Waals surface area contributed by atoms with Gasteiger partial charge in [0.2, 0.25) is 10.0 Å². The zero-order chi connectivity index (χ0) is 15.9. The summed E-state index contributed by atoms with van der Waals surface area (Å²) in [4.78, 5) is 0.251. The summed E-state index contributed by atoms with van der Waals surface area (Å²) < 4.78 is 31.7. The fourth-order valence-corrected chi connectivity index (χ4v) is 3.52. The first kappa shape index (κ1) is 17.6. The summed E-state index contributed by atoms with van der Waals surface area (Å²) in [6.45, 7) is 5.09. The van der Waals surface area contributed by atoms with E-state index in [-0.39, 0.29) is 17.2 Å². The molecule has 0 atom stereocenters. The number of sulfonamides is 1. The lowest BCUT2D eigenvalue weighted by Gasteiger charge is -2.23. The summed E-state index contributed by atoms with van der Waals surface area (Å²) in [5, 5.41) is 8.64. The van der Waals surface area contributed by atoms with Gasteiger partial charge in [-0.3, -0.25) is 0 Å². The Morgan fingerprint density at radius 1 is 1.29 bits per heavy atom. The molecule has 0 saturated heterocycles. The number of benzene rings is 1. The Hall–Kier alpha value is -1.42. The molecule has 0 aliphatic rings. The van der Waals surface area contributed by atoms with E-state index in [1.165, 1.54) is 4.31 Å². The van der Waals surface area contributed by atoms with Gasteiger partial charge in [-0.2, -0.15) is 9.57 Å². The number of rotatable bonds is 8. The van der Waals surface area contributed by atoms with E-state index < -0.39 is 10.0 Å². The van der Waals surface area contributed by atoms with Crippen LogP contribution in [0.3, 0.4) is 0 Å². The first-order valence-electron chi connectivity index (χ1n) is 6.86. The van der Waals surface area contributed by atoms with Crippen molar-refractivity contribution in [1.82, 2.24) is 4.31 Å². The standard InChI is InChI=1S/C15H22N2O3S/c1-13(2)12-17(10-11-20-3)21(18,19)15-6-4-14(5-7-15)8-9-16/h4-7,13H,8,10-12H2,1-3H3. The zero-order valence-electron chi connectivity index (χ0n) is 12.7. The molecule has 0 unspecified atom stereocenters. The van der Waals surface area contributed by atoms with Crippen molar-refractivity contribution in [3.05, 3.63) is 29.8 Å². The Bertz CT molecular complexity index is 574. The molecule has 0 saturated carbocycles. The molecule has 0 amide bonds. The van der Waals surface area contributed by atoms with Crippen molar-refractivity contribution in [3.63, 3.8) is 0 Å². The van der Waals surface area contributed by atoms with Crippen molar-refractivity contribution >= 4 is 10.0 Å². The molecule has 0 heterocycles. The number of methoxy groups -OCH3 is 1. The average Bonchev–Trinajstić information content (AvgIpc) is 2.44. The van der Waals surface area contributed by atoms with E-state index >= 15 is 0 Å². The van der Waals surface area contributed by atoms with Gasteiger partial charge >= 0.3 is 0 Å². The third kappa shape index (κ3) is 5.12. The van der Waals surface area contributed by atoms with Gasteiger partial charge in [-0.25, -0.2) is 8.42 Å². The molecule has 1 rings (SSSR count). The quantitative estimate of drug-likeness (QED) is 0.737. The monoisotopic (exact) mass is 310 g/mol. The molecule has 0 aromatic heterocycles. The van der Waals surface area contributed by atoms with E-state index in [2.05, 4.69) is 0 Å². The minimum absolute atomic E-state index is 0.231. The molecule has 0 aliphatic carbocycles. The topological polar surface area (TPSA) is 70.4 Å². The third-order valence-electron chi connectivity index (χ3n) is 2.96. The molecular formula is C15H22N2O3S. The second kappa shape index (κ2) is 8.13. The maximum atomic E-state index is 12.6. The first-order chi connectivity index (χ1) is 9.91. The van der Waals surface area contributed by atoms with Gasteiger partial charge in [0.25, 0.3) is 0 Å². The minimum Gasteiger partial charge on any atom is -0.383 e. The highest BCUT2D eigenvalue weighted by molar-refractivity contribution is 7.89. The van der Waals surface area contributed by atoms with Crippen molar-refractivity contribution in [1.29, 1.82) is 5.26 Å². The van der Waals surface area contributed by atoms with Crippen molar-refractivity contribution in [2.75, 3.05) is 26.8 Å². The Balaban J connectivity index is 3.01. The van der Waals surface area contributed by atoms with Crippen molar-refractivity contribution < 1.29 is 13.2 Å². The van der Waals surface area contributed by atoms with Crippen LogP contribution >= 0.6 is 0 Å². The van der Waals surface area contributed by atoms with E-state index in [4.69, 9.17) is 10.00 Å². The summed E-state index contributed by atoms with van der Waals surface area (Å²) >= 11 is 0. The molecule has 5 nitrogen and oxygen atoms in total. The molecule has 0 bridgehead atoms. The highest BCUT2D eigenvalue weighted by Crippen LogP contribution is 2.18. The van der Waals surface area contributed by atoms with Crippen LogP contribution in [0.4, 0.5) is 0 Å². The van der Waals surface area contributed by atoms with Gasteiger partial charge in [0.05, 0.1) is 24.0 Å². The van der Waals surface area contributed by atoms with Crippen LogP contribution in [0.15, 0.2) is 29.2 Å². The number of hydrogen-bond acceptors (Lipinski definition) is 4. The second-order valence-electron chi connectivity index (χ2n) is 5.23. The van der Waals surface area contributed by atoms with Gasteiger partial charge < -0.3 is 4.74 Å². The van der Waals surface area contributed by atoms with Gasteiger partial charge in [-0.05, 0) is 23.6 Å². The zero-order valence-corrected chi connectivity index (χ0v) is 13.6. The van der Waals surface area contributed by atoms with Crippen LogP contribution in [0.25, 0.3) is 0 Å². The smallest absolute Gasteiger partial charge is 0.243 e. The van der Waals surface area contributed by atoms with E-state index in [9.17, 15) is 8.42 Å². The average molecular weight is 310 g/mol. The highest BCUT2D eigenvalue weighted by Gasteiger charge is 2.24. The normalized spacial score (nSPS) is 11.8. The Labute approximate surface area is 127 Å². The summed E-state index contributed by atoms with van der Waals surface area (Å²) in [5.41, 5.74) is 0.809. The lowest BCUT2D eigenvalue weighted by Crippen LogP contribution is -2.36. The molecule has 1 aromatic carbocycles. The minimum atomic E-state index is -3.53. The fourth-order valence-electron chi connectivity index (χ4n) is 1.93. The third-order valence-corrected chi connectivity index (χ3v) is 4.84. The van der Waals surface area contributed by atoms with Crippen molar-refractivity contribution in [2.24, 2.45) is 5.92 Å². The van der Waals surface area contributed by atoms with Crippen LogP contribution in [0, 0.1) is 17.2 Å². The number of nitriles is 1. The largest absolute Gasteiger partial charge is 0.383 e. The van der Waals surface area contributed by atoms with E-state index in [1.807, 2.05) is 19.9 Å². The molecule has 0 spiro atoms. The number of hydrogen-bond donors (Lipinski definition) is 0. The van der Waals surface area contributed by atoms with Crippen LogP contribution < -0.4 is 0 Å². The molecule has 1 aromatic rings. The summed E-state index contributed by atoms with van der Waals surface area (Å²) in [6.07, 6.45) is 0.277. The molecule has 0 radical (unpaired) electrons. The second-order valence-corrected chi connectivity index (χ2v) is 7.17. The van der Waals surface area contributed by atoms with Crippen molar-refractivity contribution in [3.8, 4) is 6.07 Å². The van der Waals surface area contributed by atoms with Crippen LogP contribution in [0.1, 0.15) is 19.4 Å². The Morgan fingerprint density at radius 3 is 2.38 bits per heavy atom. The lowest BCUT2D eigenvalue weighted by molar-refractivity contribution is 0.175. The predicted octanol–water partition coefficient (Wildman–Crippen LogP) is 2.05. The predicted molar refractivity (Wildman–Crippen MR) is 81.2 cm³/mol. The van der Waals surface area contributed by atoms with Gasteiger partial charge in [-0.15, -0.1) is 0 Å². The fraction of sp³-hybridized carbons (Fsp3) is 0.533. The Kier molecular flexibility index (Phi) is 6.82. The molecule has 116 valence electrons. The first-order valence-corrected chi connectivity index (χ1v) is 8.30. The number of ether oxygens (including phenoxy) is 1. The van der Waals surface area contributed by atoms with Gasteiger partial charge in [0.1, 0.15) is 0 Å². The van der Waals surface area contributed by atoms with Gasteiger partial charge in [0.15, 0.2) is 0 Å². The molecule has 0 aliphatic heterocycles. The molecular weight excluding hydrogens is 288 g/mol. The van der Waals surface area contributed by atoms with E-state index in [0.717, 1.165) is 5.56 Å². The van der Waals surface area contributed by atoms with E-state index in [1.54, 1.807) is 31.4 Å². The Morgan fingerprint density at radius 2 is 1.90 bits per heavy atom. The van der Waals surface area contributed by atoms with Crippen molar-refractivity contribution in [2.45, 2.75) is 25.2 Å². The maximum absolute atomic E-state index is 12.6.